The minimum atomic E-state index is -0.594. The largest absolute Gasteiger partial charge is 0.506 e. The van der Waals surface area contributed by atoms with E-state index >= 15 is 0 Å². The molecule has 2 aromatic rings. The Hall–Kier alpha value is -3.09. The lowest BCUT2D eigenvalue weighted by Crippen LogP contribution is -2.22. The lowest BCUT2D eigenvalue weighted by Gasteiger charge is -2.11. The van der Waals surface area contributed by atoms with Crippen LogP contribution in [0.1, 0.15) is 11.5 Å². The minimum absolute atomic E-state index is 0.00332. The molecule has 2 aromatic carbocycles. The maximum atomic E-state index is 12.3. The number of benzene rings is 2. The van der Waals surface area contributed by atoms with Gasteiger partial charge in [-0.15, -0.1) is 0 Å². The van der Waals surface area contributed by atoms with E-state index in [1.54, 1.807) is 18.2 Å². The topological polar surface area (TPSA) is 102 Å². The van der Waals surface area contributed by atoms with Crippen molar-refractivity contribution in [1.82, 2.24) is 0 Å². The number of carbonyl (C=O) groups excluding carboxylic acids is 1. The standard InChI is InChI=1S/C15H12N2O5/c18-13-6-5-9(17(20)21)7-12(13)16-15(19)11-8-22-14-4-2-1-3-10(11)14/h1-7,11,18H,8H2,(H,16,19)/t11-/m1/s1. The number of carbonyl (C=O) groups is 1. The van der Waals surface area contributed by atoms with Gasteiger partial charge in [-0.05, 0) is 12.1 Å². The highest BCUT2D eigenvalue weighted by Gasteiger charge is 2.30. The van der Waals surface area contributed by atoms with Gasteiger partial charge in [-0.25, -0.2) is 0 Å². The molecule has 22 heavy (non-hydrogen) atoms. The molecule has 7 heteroatoms. The Morgan fingerprint density at radius 1 is 1.32 bits per heavy atom. The van der Waals surface area contributed by atoms with Gasteiger partial charge >= 0.3 is 0 Å². The van der Waals surface area contributed by atoms with E-state index in [-0.39, 0.29) is 29.6 Å². The van der Waals surface area contributed by atoms with Crippen LogP contribution in [-0.2, 0) is 4.79 Å². The molecule has 0 spiro atoms. The highest BCUT2D eigenvalue weighted by molar-refractivity contribution is 5.98. The predicted molar refractivity (Wildman–Crippen MR) is 78.1 cm³/mol. The average Bonchev–Trinajstić information content (AvgIpc) is 2.93. The lowest BCUT2D eigenvalue weighted by atomic mass is 10.0. The zero-order chi connectivity index (χ0) is 15.7. The third kappa shape index (κ3) is 2.44. The summed E-state index contributed by atoms with van der Waals surface area (Å²) in [5.41, 5.74) is 0.546. The van der Waals surface area contributed by atoms with Crippen LogP contribution in [0.25, 0.3) is 0 Å². The molecule has 0 saturated carbocycles. The van der Waals surface area contributed by atoms with Crippen molar-refractivity contribution in [2.45, 2.75) is 5.92 Å². The van der Waals surface area contributed by atoms with Crippen molar-refractivity contribution < 1.29 is 19.6 Å². The summed E-state index contributed by atoms with van der Waals surface area (Å²) in [6, 6.07) is 10.6. The van der Waals surface area contributed by atoms with Gasteiger partial charge in [0.2, 0.25) is 5.91 Å². The summed E-state index contributed by atoms with van der Waals surface area (Å²) >= 11 is 0. The van der Waals surface area contributed by atoms with E-state index in [4.69, 9.17) is 4.74 Å². The molecule has 0 aromatic heterocycles. The van der Waals surface area contributed by atoms with E-state index in [9.17, 15) is 20.0 Å². The Kier molecular flexibility index (Phi) is 3.38. The van der Waals surface area contributed by atoms with Crippen LogP contribution in [0.3, 0.4) is 0 Å². The van der Waals surface area contributed by atoms with Gasteiger partial charge in [-0.2, -0.15) is 0 Å². The molecular formula is C15H12N2O5. The number of amides is 1. The summed E-state index contributed by atoms with van der Waals surface area (Å²) in [4.78, 5) is 22.5. The van der Waals surface area contributed by atoms with Crippen LogP contribution in [0.5, 0.6) is 11.5 Å². The molecule has 0 aliphatic carbocycles. The second-order valence-corrected chi connectivity index (χ2v) is 4.85. The molecule has 3 rings (SSSR count). The Balaban J connectivity index is 1.84. The lowest BCUT2D eigenvalue weighted by molar-refractivity contribution is -0.384. The quantitative estimate of drug-likeness (QED) is 0.515. The van der Waals surface area contributed by atoms with Gasteiger partial charge in [0.15, 0.2) is 0 Å². The highest BCUT2D eigenvalue weighted by Crippen LogP contribution is 2.35. The predicted octanol–water partition coefficient (Wildman–Crippen LogP) is 2.42. The second-order valence-electron chi connectivity index (χ2n) is 4.85. The number of phenols is 1. The summed E-state index contributed by atoms with van der Waals surface area (Å²) in [5.74, 6) is -0.493. The molecule has 1 aliphatic rings. The Bertz CT molecular complexity index is 759. The first-order valence-electron chi connectivity index (χ1n) is 6.56. The first kappa shape index (κ1) is 13.9. The number of non-ortho nitro benzene ring substituents is 1. The van der Waals surface area contributed by atoms with Crippen LogP contribution in [0.4, 0.5) is 11.4 Å². The zero-order valence-corrected chi connectivity index (χ0v) is 11.4. The van der Waals surface area contributed by atoms with Crippen LogP contribution < -0.4 is 10.1 Å². The molecular weight excluding hydrogens is 288 g/mol. The molecule has 7 nitrogen and oxygen atoms in total. The maximum absolute atomic E-state index is 12.3. The smallest absolute Gasteiger partial charge is 0.271 e. The Labute approximate surface area is 125 Å². The minimum Gasteiger partial charge on any atom is -0.506 e. The van der Waals surface area contributed by atoms with Crippen LogP contribution in [0.15, 0.2) is 42.5 Å². The number of ether oxygens (including phenoxy) is 1. The van der Waals surface area contributed by atoms with Crippen molar-refractivity contribution in [3.05, 3.63) is 58.1 Å². The van der Waals surface area contributed by atoms with Crippen LogP contribution in [-0.4, -0.2) is 22.5 Å². The van der Waals surface area contributed by atoms with Crippen molar-refractivity contribution >= 4 is 17.3 Å². The van der Waals surface area contributed by atoms with E-state index in [0.717, 1.165) is 11.6 Å². The van der Waals surface area contributed by atoms with Gasteiger partial charge in [0.25, 0.3) is 5.69 Å². The molecule has 1 aliphatic heterocycles. The molecule has 0 radical (unpaired) electrons. The summed E-state index contributed by atoms with van der Waals surface area (Å²) in [5, 5.41) is 23.0. The van der Waals surface area contributed by atoms with E-state index in [0.29, 0.717) is 5.75 Å². The van der Waals surface area contributed by atoms with Gasteiger partial charge in [0, 0.05) is 17.7 Å². The van der Waals surface area contributed by atoms with Gasteiger partial charge in [0.05, 0.1) is 10.6 Å². The first-order chi connectivity index (χ1) is 10.6. The van der Waals surface area contributed by atoms with Crippen LogP contribution >= 0.6 is 0 Å². The molecule has 0 bridgehead atoms. The third-order valence-corrected chi connectivity index (χ3v) is 3.47. The molecule has 2 N–H and O–H groups in total. The van der Waals surface area contributed by atoms with Gasteiger partial charge in [-0.1, -0.05) is 18.2 Å². The highest BCUT2D eigenvalue weighted by atomic mass is 16.6. The molecule has 0 fully saturated rings. The van der Waals surface area contributed by atoms with E-state index in [2.05, 4.69) is 5.32 Å². The molecule has 1 heterocycles. The SMILES string of the molecule is O=C(Nc1cc([N+](=O)[O-])ccc1O)[C@@H]1COc2ccccc21. The number of phenolic OH excluding ortho intramolecular Hbond substituents is 1. The number of aromatic hydroxyl groups is 1. The number of nitrogens with zero attached hydrogens (tertiary/aromatic N) is 1. The Morgan fingerprint density at radius 2 is 2.09 bits per heavy atom. The number of nitrogens with one attached hydrogen (secondary N) is 1. The summed E-state index contributed by atoms with van der Waals surface area (Å²) in [6.07, 6.45) is 0. The van der Waals surface area contributed by atoms with Crippen molar-refractivity contribution in [3.63, 3.8) is 0 Å². The molecule has 0 saturated heterocycles. The summed E-state index contributed by atoms with van der Waals surface area (Å²) in [6.45, 7) is 0.195. The molecule has 0 unspecified atom stereocenters. The first-order valence-corrected chi connectivity index (χ1v) is 6.56. The molecule has 112 valence electrons. The van der Waals surface area contributed by atoms with Crippen molar-refractivity contribution in [3.8, 4) is 11.5 Å². The van der Waals surface area contributed by atoms with Gasteiger partial charge < -0.3 is 15.2 Å². The number of hydrogen-bond acceptors (Lipinski definition) is 5. The van der Waals surface area contributed by atoms with Crippen LogP contribution in [0.2, 0.25) is 0 Å². The Morgan fingerprint density at radius 3 is 2.86 bits per heavy atom. The van der Waals surface area contributed by atoms with Crippen LogP contribution in [0, 0.1) is 10.1 Å². The number of rotatable bonds is 3. The van der Waals surface area contributed by atoms with Crippen molar-refractivity contribution in [2.24, 2.45) is 0 Å². The molecule has 1 amide bonds. The fraction of sp³-hybridized carbons (Fsp3) is 0.133. The summed E-state index contributed by atoms with van der Waals surface area (Å²) in [7, 11) is 0. The van der Waals surface area contributed by atoms with E-state index < -0.39 is 10.8 Å². The maximum Gasteiger partial charge on any atom is 0.271 e. The number of anilines is 1. The second kappa shape index (κ2) is 5.36. The number of para-hydroxylation sites is 1. The third-order valence-electron chi connectivity index (χ3n) is 3.47. The van der Waals surface area contributed by atoms with Crippen molar-refractivity contribution in [1.29, 1.82) is 0 Å². The number of hydrogen-bond donors (Lipinski definition) is 2. The number of fused-ring (bicyclic) bond motifs is 1. The molecule has 1 atom stereocenters. The van der Waals surface area contributed by atoms with E-state index in [1.165, 1.54) is 12.1 Å². The number of nitro benzene ring substituents is 1. The fourth-order valence-corrected chi connectivity index (χ4v) is 2.34. The average molecular weight is 300 g/mol. The number of nitro groups is 1. The monoisotopic (exact) mass is 300 g/mol. The normalized spacial score (nSPS) is 15.7. The zero-order valence-electron chi connectivity index (χ0n) is 11.4. The van der Waals surface area contributed by atoms with Gasteiger partial charge in [0.1, 0.15) is 24.0 Å². The fourth-order valence-electron chi connectivity index (χ4n) is 2.34. The van der Waals surface area contributed by atoms with Crippen molar-refractivity contribution in [2.75, 3.05) is 11.9 Å². The summed E-state index contributed by atoms with van der Waals surface area (Å²) < 4.78 is 5.43. The van der Waals surface area contributed by atoms with E-state index in [1.807, 2.05) is 6.07 Å². The van der Waals surface area contributed by atoms with Gasteiger partial charge in [-0.3, -0.25) is 14.9 Å².